The van der Waals surface area contributed by atoms with Gasteiger partial charge in [-0.05, 0) is 36.4 Å². The number of benzene rings is 1. The molecule has 0 amide bonds. The summed E-state index contributed by atoms with van der Waals surface area (Å²) in [6.45, 7) is 0. The lowest BCUT2D eigenvalue weighted by Crippen LogP contribution is -2.20. The summed E-state index contributed by atoms with van der Waals surface area (Å²) >= 11 is 0. The smallest absolute Gasteiger partial charge is 0.244 e. The molecule has 1 aliphatic rings. The van der Waals surface area contributed by atoms with Gasteiger partial charge in [-0.3, -0.25) is 5.10 Å². The molecule has 0 saturated carbocycles. The van der Waals surface area contributed by atoms with Crippen molar-refractivity contribution >= 4 is 0 Å². The van der Waals surface area contributed by atoms with E-state index in [1.807, 2.05) is 24.3 Å². The molecule has 1 aromatic carbocycles. The Kier molecular flexibility index (Phi) is 3.43. The lowest BCUT2D eigenvalue weighted by atomic mass is 9.86. The third-order valence-corrected chi connectivity index (χ3v) is 4.15. The quantitative estimate of drug-likeness (QED) is 0.762. The van der Waals surface area contributed by atoms with E-state index in [-0.39, 0.29) is 5.88 Å². The summed E-state index contributed by atoms with van der Waals surface area (Å²) in [5.41, 5.74) is 8.53. The molecule has 3 aromatic rings. The fourth-order valence-corrected chi connectivity index (χ4v) is 2.96. The van der Waals surface area contributed by atoms with Crippen molar-refractivity contribution in [2.24, 2.45) is 5.73 Å². The zero-order valence-electron chi connectivity index (χ0n) is 13.3. The number of rotatable bonds is 3. The number of fused-ring (bicyclic) bond motifs is 1. The molecule has 124 valence electrons. The first-order valence-electron chi connectivity index (χ1n) is 7.56. The van der Waals surface area contributed by atoms with E-state index in [9.17, 15) is 5.26 Å². The minimum atomic E-state index is -0.486. The number of nitrogens with zero attached hydrogens (tertiary/aromatic N) is 2. The molecule has 0 bridgehead atoms. The molecule has 1 unspecified atom stereocenters. The molecule has 0 saturated heterocycles. The number of hydrogen-bond acceptors (Lipinski definition) is 6. The van der Waals surface area contributed by atoms with Gasteiger partial charge >= 0.3 is 0 Å². The first-order valence-corrected chi connectivity index (χ1v) is 7.56. The molecule has 25 heavy (non-hydrogen) atoms. The van der Waals surface area contributed by atoms with Crippen LogP contribution in [0.25, 0.3) is 11.3 Å². The number of aromatic nitrogens is 2. The lowest BCUT2D eigenvalue weighted by molar-refractivity contribution is 0.371. The Balaban J connectivity index is 1.90. The minimum Gasteiger partial charge on any atom is -0.497 e. The maximum atomic E-state index is 9.57. The maximum Gasteiger partial charge on any atom is 0.244 e. The fourth-order valence-electron chi connectivity index (χ4n) is 2.96. The zero-order chi connectivity index (χ0) is 17.4. The molecule has 3 N–H and O–H groups in total. The average Bonchev–Trinajstić information content (AvgIpc) is 3.30. The number of ether oxygens (including phenoxy) is 2. The SMILES string of the molecule is COc1ccc(-c2[nH]nc3c2C(c2ccco2)C(C#N)=C(N)O3)cc1. The van der Waals surface area contributed by atoms with Crippen molar-refractivity contribution in [3.05, 3.63) is 65.4 Å². The Labute approximate surface area is 143 Å². The topological polar surface area (TPSA) is 110 Å². The van der Waals surface area contributed by atoms with Crippen LogP contribution in [-0.2, 0) is 0 Å². The van der Waals surface area contributed by atoms with Gasteiger partial charge in [0.25, 0.3) is 0 Å². The highest BCUT2D eigenvalue weighted by atomic mass is 16.5. The van der Waals surface area contributed by atoms with Gasteiger partial charge in [-0.15, -0.1) is 5.10 Å². The maximum absolute atomic E-state index is 9.57. The second-order valence-corrected chi connectivity index (χ2v) is 5.49. The molecule has 7 heteroatoms. The third kappa shape index (κ3) is 2.32. The van der Waals surface area contributed by atoms with Crippen molar-refractivity contribution in [3.8, 4) is 29.0 Å². The van der Waals surface area contributed by atoms with Gasteiger partial charge in [0.15, 0.2) is 0 Å². The van der Waals surface area contributed by atoms with Crippen LogP contribution in [0.1, 0.15) is 17.2 Å². The number of nitriles is 1. The molecule has 1 aliphatic heterocycles. The Morgan fingerprint density at radius 3 is 2.72 bits per heavy atom. The van der Waals surface area contributed by atoms with E-state index in [4.69, 9.17) is 19.6 Å². The van der Waals surface area contributed by atoms with Gasteiger partial charge in [0.2, 0.25) is 11.8 Å². The molecule has 0 fully saturated rings. The number of aromatic amines is 1. The molecule has 7 nitrogen and oxygen atoms in total. The van der Waals surface area contributed by atoms with Crippen LogP contribution in [0.15, 0.2) is 58.5 Å². The van der Waals surface area contributed by atoms with Gasteiger partial charge in [-0.1, -0.05) is 0 Å². The third-order valence-electron chi connectivity index (χ3n) is 4.15. The number of allylic oxidation sites excluding steroid dienone is 1. The zero-order valence-corrected chi connectivity index (χ0v) is 13.3. The van der Waals surface area contributed by atoms with Crippen LogP contribution in [0.2, 0.25) is 0 Å². The first-order chi connectivity index (χ1) is 12.2. The summed E-state index contributed by atoms with van der Waals surface area (Å²) in [5, 5.41) is 16.8. The Bertz CT molecular complexity index is 979. The summed E-state index contributed by atoms with van der Waals surface area (Å²) in [5.74, 6) is 1.23. The van der Waals surface area contributed by atoms with Crippen molar-refractivity contribution in [1.82, 2.24) is 10.2 Å². The van der Waals surface area contributed by atoms with E-state index in [1.165, 1.54) is 0 Å². The van der Waals surface area contributed by atoms with Gasteiger partial charge in [0.05, 0.1) is 30.5 Å². The van der Waals surface area contributed by atoms with Crippen LogP contribution in [0.3, 0.4) is 0 Å². The molecule has 2 aromatic heterocycles. The molecule has 3 heterocycles. The molecule has 4 rings (SSSR count). The van der Waals surface area contributed by atoms with Crippen LogP contribution in [0, 0.1) is 11.3 Å². The molecule has 1 atom stereocenters. The predicted molar refractivity (Wildman–Crippen MR) is 88.6 cm³/mol. The largest absolute Gasteiger partial charge is 0.497 e. The molecule has 0 aliphatic carbocycles. The van der Waals surface area contributed by atoms with Crippen LogP contribution < -0.4 is 15.2 Å². The van der Waals surface area contributed by atoms with E-state index < -0.39 is 5.92 Å². The molecular weight excluding hydrogens is 320 g/mol. The van der Waals surface area contributed by atoms with E-state index in [2.05, 4.69) is 16.3 Å². The number of nitrogens with two attached hydrogens (primary N) is 1. The highest BCUT2D eigenvalue weighted by Crippen LogP contribution is 2.45. The number of hydrogen-bond donors (Lipinski definition) is 2. The van der Waals surface area contributed by atoms with Crippen molar-refractivity contribution in [2.75, 3.05) is 7.11 Å². The standard InChI is InChI=1S/C18H14N4O3/c1-23-11-6-4-10(5-7-11)16-15-14(13-3-2-8-24-13)12(9-19)17(20)25-18(15)22-21-16/h2-8,14H,20H2,1H3,(H,21,22). The highest BCUT2D eigenvalue weighted by Gasteiger charge is 2.37. The van der Waals surface area contributed by atoms with Crippen molar-refractivity contribution in [3.63, 3.8) is 0 Å². The summed E-state index contributed by atoms with van der Waals surface area (Å²) in [6.07, 6.45) is 1.56. The van der Waals surface area contributed by atoms with Crippen molar-refractivity contribution in [1.29, 1.82) is 5.26 Å². The number of H-pyrrole nitrogens is 1. The van der Waals surface area contributed by atoms with Gasteiger partial charge in [-0.25, -0.2) is 0 Å². The second-order valence-electron chi connectivity index (χ2n) is 5.49. The highest BCUT2D eigenvalue weighted by molar-refractivity contribution is 5.70. The monoisotopic (exact) mass is 334 g/mol. The Hall–Kier alpha value is -3.66. The number of methoxy groups -OCH3 is 1. The van der Waals surface area contributed by atoms with Gasteiger partial charge in [0.1, 0.15) is 23.2 Å². The van der Waals surface area contributed by atoms with Crippen LogP contribution in [0.4, 0.5) is 0 Å². The normalized spacial score (nSPS) is 16.1. The van der Waals surface area contributed by atoms with Gasteiger partial charge in [0, 0.05) is 5.56 Å². The second kappa shape index (κ2) is 5.76. The molecular formula is C18H14N4O3. The molecule has 0 spiro atoms. The summed E-state index contributed by atoms with van der Waals surface area (Å²) in [7, 11) is 1.61. The average molecular weight is 334 g/mol. The number of nitrogens with one attached hydrogen (secondary N) is 1. The van der Waals surface area contributed by atoms with Gasteiger partial charge in [-0.2, -0.15) is 5.26 Å². The number of furan rings is 1. The van der Waals surface area contributed by atoms with Gasteiger partial charge < -0.3 is 19.6 Å². The Morgan fingerprint density at radius 2 is 2.08 bits per heavy atom. The Morgan fingerprint density at radius 1 is 1.28 bits per heavy atom. The predicted octanol–water partition coefficient (Wildman–Crippen LogP) is 2.90. The van der Waals surface area contributed by atoms with Crippen LogP contribution in [0.5, 0.6) is 11.6 Å². The summed E-state index contributed by atoms with van der Waals surface area (Å²) in [6, 6.07) is 13.2. The van der Waals surface area contributed by atoms with Crippen molar-refractivity contribution in [2.45, 2.75) is 5.92 Å². The fraction of sp³-hybridized carbons (Fsp3) is 0.111. The van der Waals surface area contributed by atoms with E-state index in [0.717, 1.165) is 17.0 Å². The summed E-state index contributed by atoms with van der Waals surface area (Å²) in [4.78, 5) is 0. The van der Waals surface area contributed by atoms with Crippen molar-refractivity contribution < 1.29 is 13.9 Å². The van der Waals surface area contributed by atoms with Crippen LogP contribution in [-0.4, -0.2) is 17.3 Å². The summed E-state index contributed by atoms with van der Waals surface area (Å²) < 4.78 is 16.3. The molecule has 0 radical (unpaired) electrons. The first kappa shape index (κ1) is 14.9. The lowest BCUT2D eigenvalue weighted by Gasteiger charge is -2.22. The minimum absolute atomic E-state index is 0.0316. The van der Waals surface area contributed by atoms with E-state index in [0.29, 0.717) is 22.8 Å². The van der Waals surface area contributed by atoms with E-state index in [1.54, 1.807) is 25.5 Å². The van der Waals surface area contributed by atoms with Crippen LogP contribution >= 0.6 is 0 Å². The van der Waals surface area contributed by atoms with E-state index >= 15 is 0 Å².